The van der Waals surface area contributed by atoms with Crippen molar-refractivity contribution in [2.24, 2.45) is 5.41 Å². The number of hydrogen-bond acceptors (Lipinski definition) is 4. The first-order chi connectivity index (χ1) is 14.4. The Balaban J connectivity index is 1.66. The van der Waals surface area contributed by atoms with Crippen molar-refractivity contribution < 1.29 is 9.53 Å². The first-order valence-electron chi connectivity index (χ1n) is 9.96. The van der Waals surface area contributed by atoms with Crippen LogP contribution in [0, 0.1) is 5.41 Å². The molecule has 0 aromatic heterocycles. The second-order valence-corrected chi connectivity index (χ2v) is 8.81. The zero-order valence-corrected chi connectivity index (χ0v) is 18.1. The summed E-state index contributed by atoms with van der Waals surface area (Å²) < 4.78 is 4.86. The smallest absolute Gasteiger partial charge is 0.337 e. The molecule has 0 spiro atoms. The average Bonchev–Trinajstić information content (AvgIpc) is 2.72. The number of nitrogens with one attached hydrogen (secondary N) is 2. The molecular formula is C25H25ClN2O2. The fourth-order valence-corrected chi connectivity index (χ4v) is 4.39. The quantitative estimate of drug-likeness (QED) is 0.466. The minimum Gasteiger partial charge on any atom is -0.465 e. The van der Waals surface area contributed by atoms with E-state index in [-0.39, 0.29) is 17.4 Å². The van der Waals surface area contributed by atoms with E-state index in [9.17, 15) is 4.79 Å². The molecule has 3 aromatic carbocycles. The first-order valence-corrected chi connectivity index (χ1v) is 10.3. The van der Waals surface area contributed by atoms with Crippen LogP contribution in [0.2, 0.25) is 5.02 Å². The molecule has 0 bridgehead atoms. The van der Waals surface area contributed by atoms with Crippen molar-refractivity contribution in [3.8, 4) is 0 Å². The van der Waals surface area contributed by atoms with E-state index in [4.69, 9.17) is 16.3 Å². The van der Waals surface area contributed by atoms with Gasteiger partial charge in [0.1, 0.15) is 0 Å². The number of methoxy groups -OCH3 is 1. The topological polar surface area (TPSA) is 50.4 Å². The van der Waals surface area contributed by atoms with Crippen molar-refractivity contribution in [3.05, 3.63) is 88.4 Å². The third kappa shape index (κ3) is 4.14. The van der Waals surface area contributed by atoms with E-state index in [1.54, 1.807) is 6.07 Å². The van der Waals surface area contributed by atoms with E-state index < -0.39 is 0 Å². The summed E-state index contributed by atoms with van der Waals surface area (Å²) >= 11 is 6.48. The van der Waals surface area contributed by atoms with Crippen LogP contribution >= 0.6 is 11.6 Å². The summed E-state index contributed by atoms with van der Waals surface area (Å²) in [7, 11) is 1.40. The van der Waals surface area contributed by atoms with Gasteiger partial charge >= 0.3 is 5.97 Å². The van der Waals surface area contributed by atoms with Gasteiger partial charge in [-0.25, -0.2) is 4.79 Å². The van der Waals surface area contributed by atoms with Crippen molar-refractivity contribution in [1.82, 2.24) is 0 Å². The van der Waals surface area contributed by atoms with Crippen LogP contribution in [0.5, 0.6) is 0 Å². The lowest BCUT2D eigenvalue weighted by Gasteiger charge is -2.41. The molecule has 0 saturated heterocycles. The summed E-state index contributed by atoms with van der Waals surface area (Å²) in [6.07, 6.45) is 0.832. The minimum absolute atomic E-state index is 0.0731. The fourth-order valence-electron chi connectivity index (χ4n) is 4.14. The van der Waals surface area contributed by atoms with Crippen molar-refractivity contribution in [3.63, 3.8) is 0 Å². The summed E-state index contributed by atoms with van der Waals surface area (Å²) in [6, 6.07) is 21.9. The minimum atomic E-state index is -0.316. The molecule has 1 atom stereocenters. The van der Waals surface area contributed by atoms with Crippen molar-refractivity contribution in [2.45, 2.75) is 26.3 Å². The number of fused-ring (bicyclic) bond motifs is 1. The molecule has 1 unspecified atom stereocenters. The molecule has 4 nitrogen and oxygen atoms in total. The molecular weight excluding hydrogens is 396 g/mol. The van der Waals surface area contributed by atoms with Gasteiger partial charge in [0.25, 0.3) is 0 Å². The van der Waals surface area contributed by atoms with Gasteiger partial charge in [-0.2, -0.15) is 0 Å². The molecule has 0 saturated carbocycles. The summed E-state index contributed by atoms with van der Waals surface area (Å²) in [5, 5.41) is 7.79. The van der Waals surface area contributed by atoms with E-state index in [0.29, 0.717) is 10.6 Å². The number of anilines is 3. The fraction of sp³-hybridized carbons (Fsp3) is 0.240. The highest BCUT2D eigenvalue weighted by atomic mass is 35.5. The summed E-state index contributed by atoms with van der Waals surface area (Å²) in [5.74, 6) is -0.316. The zero-order valence-electron chi connectivity index (χ0n) is 17.3. The predicted octanol–water partition coefficient (Wildman–Crippen LogP) is 6.61. The molecule has 0 radical (unpaired) electrons. The second-order valence-electron chi connectivity index (χ2n) is 8.37. The Bertz CT molecular complexity index is 1080. The van der Waals surface area contributed by atoms with Gasteiger partial charge in [0.15, 0.2) is 0 Å². The third-order valence-corrected chi connectivity index (χ3v) is 5.79. The van der Waals surface area contributed by atoms with Gasteiger partial charge < -0.3 is 15.4 Å². The number of ether oxygens (including phenoxy) is 1. The molecule has 154 valence electrons. The van der Waals surface area contributed by atoms with Gasteiger partial charge in [0.05, 0.1) is 18.7 Å². The normalized spacial score (nSPS) is 16.9. The van der Waals surface area contributed by atoms with Crippen molar-refractivity contribution in [1.29, 1.82) is 0 Å². The molecule has 30 heavy (non-hydrogen) atoms. The maximum absolute atomic E-state index is 11.9. The Hall–Kier alpha value is -2.98. The molecule has 0 amide bonds. The monoisotopic (exact) mass is 420 g/mol. The molecule has 2 N–H and O–H groups in total. The summed E-state index contributed by atoms with van der Waals surface area (Å²) in [4.78, 5) is 11.9. The third-order valence-electron chi connectivity index (χ3n) is 5.57. The van der Waals surface area contributed by atoms with Crippen molar-refractivity contribution in [2.75, 3.05) is 17.7 Å². The Kier molecular flexibility index (Phi) is 5.44. The van der Waals surface area contributed by atoms with Gasteiger partial charge in [0, 0.05) is 22.1 Å². The van der Waals surface area contributed by atoms with Crippen LogP contribution in [0.25, 0.3) is 0 Å². The molecule has 0 fully saturated rings. The predicted molar refractivity (Wildman–Crippen MR) is 123 cm³/mol. The SMILES string of the molecule is COC(=O)c1ccc2c(c1)CC(C)(C)C(c1cc(Cl)cc(Nc3ccccc3)c1)N2. The van der Waals surface area contributed by atoms with Gasteiger partial charge in [0.2, 0.25) is 0 Å². The van der Waals surface area contributed by atoms with Crippen LogP contribution in [-0.2, 0) is 11.2 Å². The van der Waals surface area contributed by atoms with Crippen LogP contribution in [0.15, 0.2) is 66.7 Å². The highest BCUT2D eigenvalue weighted by Crippen LogP contribution is 2.46. The molecule has 1 heterocycles. The molecule has 1 aliphatic rings. The first kappa shape index (κ1) is 20.3. The van der Waals surface area contributed by atoms with E-state index in [0.717, 1.165) is 34.6 Å². The maximum Gasteiger partial charge on any atom is 0.337 e. The summed E-state index contributed by atoms with van der Waals surface area (Å²) in [5.41, 5.74) is 5.72. The maximum atomic E-state index is 11.9. The number of carbonyl (C=O) groups excluding carboxylic acids is 1. The number of hydrogen-bond donors (Lipinski definition) is 2. The van der Waals surface area contributed by atoms with Gasteiger partial charge in [-0.3, -0.25) is 0 Å². The highest BCUT2D eigenvalue weighted by Gasteiger charge is 2.36. The summed E-state index contributed by atoms with van der Waals surface area (Å²) in [6.45, 7) is 4.45. The van der Waals surface area contributed by atoms with E-state index in [1.165, 1.54) is 7.11 Å². The zero-order chi connectivity index (χ0) is 21.3. The van der Waals surface area contributed by atoms with Crippen molar-refractivity contribution >= 4 is 34.6 Å². The second kappa shape index (κ2) is 8.04. The number of rotatable bonds is 4. The number of esters is 1. The Morgan fingerprint density at radius 2 is 1.83 bits per heavy atom. The lowest BCUT2D eigenvalue weighted by atomic mass is 9.72. The van der Waals surface area contributed by atoms with Crippen LogP contribution < -0.4 is 10.6 Å². The van der Waals surface area contributed by atoms with Gasteiger partial charge in [-0.15, -0.1) is 0 Å². The lowest BCUT2D eigenvalue weighted by Crippen LogP contribution is -2.35. The number of para-hydroxylation sites is 1. The highest BCUT2D eigenvalue weighted by molar-refractivity contribution is 6.31. The van der Waals surface area contributed by atoms with Crippen LogP contribution in [-0.4, -0.2) is 13.1 Å². The number of halogens is 1. The van der Waals surface area contributed by atoms with Crippen LogP contribution in [0.4, 0.5) is 17.1 Å². The largest absolute Gasteiger partial charge is 0.465 e. The van der Waals surface area contributed by atoms with E-state index >= 15 is 0 Å². The van der Waals surface area contributed by atoms with E-state index in [1.807, 2.05) is 54.6 Å². The lowest BCUT2D eigenvalue weighted by molar-refractivity contribution is 0.0600. The van der Waals surface area contributed by atoms with Crippen LogP contribution in [0.1, 0.15) is 41.4 Å². The van der Waals surface area contributed by atoms with Crippen LogP contribution in [0.3, 0.4) is 0 Å². The average molecular weight is 421 g/mol. The molecule has 0 aliphatic carbocycles. The molecule has 5 heteroatoms. The number of benzene rings is 3. The Morgan fingerprint density at radius 1 is 1.07 bits per heavy atom. The Labute approximate surface area is 182 Å². The van der Waals surface area contributed by atoms with E-state index in [2.05, 4.69) is 30.5 Å². The molecule has 4 rings (SSSR count). The number of carbonyl (C=O) groups is 1. The Morgan fingerprint density at radius 3 is 2.57 bits per heavy atom. The van der Waals surface area contributed by atoms with Gasteiger partial charge in [-0.1, -0.05) is 43.6 Å². The molecule has 3 aromatic rings. The van der Waals surface area contributed by atoms with Gasteiger partial charge in [-0.05, 0) is 71.5 Å². The standard InChI is InChI=1S/C25H25ClN2O2/c1-25(2)15-18-11-16(24(29)30-3)9-10-22(18)28-23(25)17-12-19(26)14-21(13-17)27-20-7-5-4-6-8-20/h4-14,23,27-28H,15H2,1-3H3. The molecule has 1 aliphatic heterocycles.